The van der Waals surface area contributed by atoms with E-state index in [1.54, 1.807) is 11.3 Å². The van der Waals surface area contributed by atoms with E-state index in [0.29, 0.717) is 6.04 Å². The van der Waals surface area contributed by atoms with Gasteiger partial charge in [-0.05, 0) is 48.8 Å². The van der Waals surface area contributed by atoms with Crippen LogP contribution in [-0.4, -0.2) is 31.6 Å². The Kier molecular flexibility index (Phi) is 6.03. The molecule has 0 aliphatic heterocycles. The van der Waals surface area contributed by atoms with E-state index in [1.165, 1.54) is 12.0 Å². The zero-order valence-corrected chi connectivity index (χ0v) is 11.7. The van der Waals surface area contributed by atoms with E-state index in [0.717, 1.165) is 19.0 Å². The van der Waals surface area contributed by atoms with Crippen LogP contribution in [0.15, 0.2) is 16.8 Å². The Hall–Kier alpha value is -0.380. The molecule has 1 heterocycles. The number of thiophene rings is 1. The summed E-state index contributed by atoms with van der Waals surface area (Å²) in [5, 5.41) is 8.01. The Bertz CT molecular complexity index is 257. The normalized spacial score (nSPS) is 13.6. The number of nitrogens with zero attached hydrogens (tertiary/aromatic N) is 1. The first-order valence-electron chi connectivity index (χ1n) is 5.97. The van der Waals surface area contributed by atoms with Gasteiger partial charge in [0.2, 0.25) is 0 Å². The third-order valence-corrected chi connectivity index (χ3v) is 3.25. The molecule has 1 unspecified atom stereocenters. The van der Waals surface area contributed by atoms with Gasteiger partial charge in [0.1, 0.15) is 0 Å². The third kappa shape index (κ3) is 5.64. The van der Waals surface area contributed by atoms with Gasteiger partial charge in [0.25, 0.3) is 0 Å². The summed E-state index contributed by atoms with van der Waals surface area (Å²) >= 11 is 1.77. The van der Waals surface area contributed by atoms with Crippen molar-refractivity contribution in [3.05, 3.63) is 22.4 Å². The Balaban J connectivity index is 2.37. The second-order valence-electron chi connectivity index (χ2n) is 5.10. The van der Waals surface area contributed by atoms with Crippen LogP contribution in [0, 0.1) is 5.92 Å². The van der Waals surface area contributed by atoms with Crippen molar-refractivity contribution in [3.63, 3.8) is 0 Å². The SMILES string of the molecule is CC(C)CC(CN(C)C)NCc1ccsc1. The van der Waals surface area contributed by atoms with E-state index >= 15 is 0 Å². The first kappa shape index (κ1) is 13.7. The monoisotopic (exact) mass is 240 g/mol. The minimum atomic E-state index is 0.592. The fraction of sp³-hybridized carbons (Fsp3) is 0.692. The predicted octanol–water partition coefficient (Wildman–Crippen LogP) is 2.81. The van der Waals surface area contributed by atoms with Crippen LogP contribution < -0.4 is 5.32 Å². The molecule has 0 aromatic carbocycles. The van der Waals surface area contributed by atoms with Crippen molar-refractivity contribution in [1.29, 1.82) is 0 Å². The van der Waals surface area contributed by atoms with E-state index < -0.39 is 0 Å². The Labute approximate surface area is 104 Å². The Morgan fingerprint density at radius 1 is 1.38 bits per heavy atom. The summed E-state index contributed by atoms with van der Waals surface area (Å²) in [6, 6.07) is 2.79. The first-order chi connectivity index (χ1) is 7.58. The maximum atomic E-state index is 3.65. The minimum absolute atomic E-state index is 0.592. The average Bonchev–Trinajstić information content (AvgIpc) is 2.64. The van der Waals surface area contributed by atoms with Crippen molar-refractivity contribution in [2.24, 2.45) is 5.92 Å². The van der Waals surface area contributed by atoms with Gasteiger partial charge in [-0.15, -0.1) is 0 Å². The van der Waals surface area contributed by atoms with Crippen LogP contribution in [0.1, 0.15) is 25.8 Å². The number of likely N-dealkylation sites (N-methyl/N-ethyl adjacent to an activating group) is 1. The van der Waals surface area contributed by atoms with Crippen LogP contribution in [0.2, 0.25) is 0 Å². The molecule has 16 heavy (non-hydrogen) atoms. The quantitative estimate of drug-likeness (QED) is 0.788. The van der Waals surface area contributed by atoms with Crippen LogP contribution in [0.3, 0.4) is 0 Å². The molecule has 0 radical (unpaired) electrons. The standard InChI is InChI=1S/C13H24N2S/c1-11(2)7-13(9-15(3)4)14-8-12-5-6-16-10-12/h5-6,10-11,13-14H,7-9H2,1-4H3. The lowest BCUT2D eigenvalue weighted by Gasteiger charge is -2.23. The first-order valence-corrected chi connectivity index (χ1v) is 6.91. The topological polar surface area (TPSA) is 15.3 Å². The fourth-order valence-electron chi connectivity index (χ4n) is 1.89. The molecule has 0 aliphatic carbocycles. The zero-order chi connectivity index (χ0) is 12.0. The second kappa shape index (κ2) is 7.05. The summed E-state index contributed by atoms with van der Waals surface area (Å²) in [6.45, 7) is 6.68. The Morgan fingerprint density at radius 2 is 2.12 bits per heavy atom. The summed E-state index contributed by atoms with van der Waals surface area (Å²) in [4.78, 5) is 2.26. The largest absolute Gasteiger partial charge is 0.309 e. The average molecular weight is 240 g/mol. The van der Waals surface area contributed by atoms with Gasteiger partial charge in [0, 0.05) is 19.1 Å². The van der Waals surface area contributed by atoms with Gasteiger partial charge < -0.3 is 10.2 Å². The van der Waals surface area contributed by atoms with Gasteiger partial charge >= 0.3 is 0 Å². The van der Waals surface area contributed by atoms with E-state index in [9.17, 15) is 0 Å². The lowest BCUT2D eigenvalue weighted by molar-refractivity contribution is 0.305. The molecular formula is C13H24N2S. The van der Waals surface area contributed by atoms with Crippen molar-refractivity contribution in [1.82, 2.24) is 10.2 Å². The molecule has 0 saturated carbocycles. The van der Waals surface area contributed by atoms with Crippen LogP contribution in [-0.2, 0) is 6.54 Å². The van der Waals surface area contributed by atoms with E-state index in [4.69, 9.17) is 0 Å². The van der Waals surface area contributed by atoms with Crippen LogP contribution >= 0.6 is 11.3 Å². The molecule has 92 valence electrons. The zero-order valence-electron chi connectivity index (χ0n) is 10.9. The molecular weight excluding hydrogens is 216 g/mol. The molecule has 0 amide bonds. The number of hydrogen-bond donors (Lipinski definition) is 1. The van der Waals surface area contributed by atoms with E-state index in [2.05, 4.69) is 55.0 Å². The molecule has 2 nitrogen and oxygen atoms in total. The summed E-state index contributed by atoms with van der Waals surface area (Å²) in [5.74, 6) is 0.750. The molecule has 3 heteroatoms. The molecule has 0 spiro atoms. The van der Waals surface area contributed by atoms with Gasteiger partial charge in [0.05, 0.1) is 0 Å². The highest BCUT2D eigenvalue weighted by atomic mass is 32.1. The van der Waals surface area contributed by atoms with Crippen LogP contribution in [0.25, 0.3) is 0 Å². The molecule has 0 saturated heterocycles. The minimum Gasteiger partial charge on any atom is -0.309 e. The lowest BCUT2D eigenvalue weighted by atomic mass is 10.0. The van der Waals surface area contributed by atoms with Gasteiger partial charge in [0.15, 0.2) is 0 Å². The number of nitrogens with one attached hydrogen (secondary N) is 1. The highest BCUT2D eigenvalue weighted by Gasteiger charge is 2.11. The van der Waals surface area contributed by atoms with Crippen molar-refractivity contribution in [2.75, 3.05) is 20.6 Å². The summed E-state index contributed by atoms with van der Waals surface area (Å²) in [5.41, 5.74) is 1.40. The van der Waals surface area contributed by atoms with Gasteiger partial charge in [-0.25, -0.2) is 0 Å². The number of rotatable bonds is 7. The maximum Gasteiger partial charge on any atom is 0.0216 e. The molecule has 1 N–H and O–H groups in total. The van der Waals surface area contributed by atoms with Crippen molar-refractivity contribution in [2.45, 2.75) is 32.9 Å². The van der Waals surface area contributed by atoms with Gasteiger partial charge in [-0.1, -0.05) is 13.8 Å². The molecule has 1 atom stereocenters. The summed E-state index contributed by atoms with van der Waals surface area (Å²) in [6.07, 6.45) is 1.24. The molecule has 0 fully saturated rings. The molecule has 1 rings (SSSR count). The summed E-state index contributed by atoms with van der Waals surface area (Å²) < 4.78 is 0. The number of hydrogen-bond acceptors (Lipinski definition) is 3. The highest BCUT2D eigenvalue weighted by molar-refractivity contribution is 7.07. The van der Waals surface area contributed by atoms with Crippen molar-refractivity contribution in [3.8, 4) is 0 Å². The van der Waals surface area contributed by atoms with Gasteiger partial charge in [-0.3, -0.25) is 0 Å². The molecule has 1 aromatic rings. The predicted molar refractivity (Wildman–Crippen MR) is 73.0 cm³/mol. The van der Waals surface area contributed by atoms with Gasteiger partial charge in [-0.2, -0.15) is 11.3 Å². The molecule has 0 aliphatic rings. The van der Waals surface area contributed by atoms with Crippen molar-refractivity contribution >= 4 is 11.3 Å². The van der Waals surface area contributed by atoms with Crippen LogP contribution in [0.5, 0.6) is 0 Å². The fourth-order valence-corrected chi connectivity index (χ4v) is 2.56. The second-order valence-corrected chi connectivity index (χ2v) is 5.88. The van der Waals surface area contributed by atoms with E-state index in [-0.39, 0.29) is 0 Å². The molecule has 1 aromatic heterocycles. The Morgan fingerprint density at radius 3 is 2.62 bits per heavy atom. The highest BCUT2D eigenvalue weighted by Crippen LogP contribution is 2.09. The van der Waals surface area contributed by atoms with E-state index in [1.807, 2.05) is 0 Å². The smallest absolute Gasteiger partial charge is 0.0216 e. The third-order valence-electron chi connectivity index (χ3n) is 2.52. The maximum absolute atomic E-state index is 3.65. The summed E-state index contributed by atoms with van der Waals surface area (Å²) in [7, 11) is 4.28. The van der Waals surface area contributed by atoms with Crippen LogP contribution in [0.4, 0.5) is 0 Å². The lowest BCUT2D eigenvalue weighted by Crippen LogP contribution is -2.38. The van der Waals surface area contributed by atoms with Crippen molar-refractivity contribution < 1.29 is 0 Å². The molecule has 0 bridgehead atoms.